The number of carbonyl (C=O) groups excluding carboxylic acids is 4. The summed E-state index contributed by atoms with van der Waals surface area (Å²) in [5.74, 6) is -2.37. The number of fused-ring (bicyclic) bond motifs is 1. The van der Waals surface area contributed by atoms with E-state index in [1.54, 1.807) is 57.2 Å². The first-order valence-corrected chi connectivity index (χ1v) is 24.1. The van der Waals surface area contributed by atoms with Crippen molar-refractivity contribution in [3.8, 4) is 28.6 Å². The van der Waals surface area contributed by atoms with E-state index in [1.165, 1.54) is 41.6 Å². The molecule has 3 heterocycles. The third-order valence-corrected chi connectivity index (χ3v) is 13.5. The number of aromatic nitrogens is 2. The van der Waals surface area contributed by atoms with Crippen molar-refractivity contribution in [2.24, 2.45) is 11.3 Å². The minimum atomic E-state index is -4.68. The molecule has 2 aliphatic carbocycles. The number of ether oxygens (including phenoxy) is 3. The molecule has 5 atom stereocenters. The molecule has 3 aliphatic rings. The van der Waals surface area contributed by atoms with Gasteiger partial charge in [-0.25, -0.2) is 19.5 Å². The lowest BCUT2D eigenvalue weighted by Crippen LogP contribution is -2.60. The van der Waals surface area contributed by atoms with Crippen LogP contribution in [0.5, 0.6) is 17.2 Å². The molecule has 4 aromatic rings. The van der Waals surface area contributed by atoms with Crippen LogP contribution >= 0.6 is 22.9 Å². The number of nitrogens with one attached hydrogen (secondary N) is 4. The summed E-state index contributed by atoms with van der Waals surface area (Å²) in [6, 6.07) is 10.5. The van der Waals surface area contributed by atoms with Crippen molar-refractivity contribution in [1.29, 1.82) is 0 Å². The van der Waals surface area contributed by atoms with E-state index in [9.17, 15) is 27.6 Å². The average molecular weight is 953 g/mol. The number of methoxy groups -OCH3 is 1. The smallest absolute Gasteiger partial charge is 0.409 e. The molecule has 17 nitrogen and oxygen atoms in total. The van der Waals surface area contributed by atoms with Gasteiger partial charge in [-0.1, -0.05) is 56.6 Å². The van der Waals surface area contributed by atoms with Crippen molar-refractivity contribution >= 4 is 73.1 Å². The second kappa shape index (κ2) is 19.1. The van der Waals surface area contributed by atoms with Gasteiger partial charge < -0.3 is 39.2 Å². The number of amides is 4. The predicted molar refractivity (Wildman–Crippen MR) is 246 cm³/mol. The fourth-order valence-corrected chi connectivity index (χ4v) is 10.1. The lowest BCUT2D eigenvalue weighted by atomic mass is 9.85. The van der Waals surface area contributed by atoms with Crippen molar-refractivity contribution in [2.75, 3.05) is 19.0 Å². The number of rotatable bonds is 16. The first-order chi connectivity index (χ1) is 30.8. The van der Waals surface area contributed by atoms with Crippen LogP contribution in [0.3, 0.4) is 0 Å². The van der Waals surface area contributed by atoms with Gasteiger partial charge in [-0.3, -0.25) is 14.4 Å². The largest absolute Gasteiger partial charge is 0.495 e. The number of alkyl carbamates (subject to hydrolysis) is 1. The molecule has 1 saturated heterocycles. The lowest BCUT2D eigenvalue weighted by Gasteiger charge is -2.35. The minimum absolute atomic E-state index is 0.0235. The van der Waals surface area contributed by atoms with Crippen LogP contribution in [0.2, 0.25) is 5.02 Å². The molecule has 2 aromatic heterocycles. The zero-order chi connectivity index (χ0) is 46.8. The van der Waals surface area contributed by atoms with E-state index in [2.05, 4.69) is 22.5 Å². The normalized spacial score (nSPS) is 21.4. The molecule has 0 spiro atoms. The van der Waals surface area contributed by atoms with Crippen molar-refractivity contribution in [2.45, 2.75) is 109 Å². The summed E-state index contributed by atoms with van der Waals surface area (Å²) >= 11 is 8.26. The van der Waals surface area contributed by atoms with Crippen molar-refractivity contribution in [1.82, 2.24) is 30.2 Å². The van der Waals surface area contributed by atoms with Gasteiger partial charge in [0.25, 0.3) is 5.91 Å². The monoisotopic (exact) mass is 951 g/mol. The van der Waals surface area contributed by atoms with Gasteiger partial charge in [-0.05, 0) is 75.6 Å². The van der Waals surface area contributed by atoms with Gasteiger partial charge in [0.15, 0.2) is 5.13 Å². The SMILES string of the molecule is C=C[C@@H]1C[C@]1(NC(=O)[C@@H]1C[C@@H](Oc2cc(-c3csc(NC(C)C)n3)nc3c(Cl)c(OC)ccc23)CN1C(=O)[C@@H](NC(=O)OC1CCCC1)C(C)(C)C)C(=O)NS(=O)(=O)Oc1ccccc1. The fourth-order valence-electron chi connectivity index (χ4n) is 8.14. The summed E-state index contributed by atoms with van der Waals surface area (Å²) in [5.41, 5.74) is -1.25. The van der Waals surface area contributed by atoms with E-state index >= 15 is 0 Å². The summed E-state index contributed by atoms with van der Waals surface area (Å²) in [6.07, 6.45) is 2.82. The Morgan fingerprint density at radius 1 is 1.02 bits per heavy atom. The number of likely N-dealkylation sites (tertiary alicyclic amines) is 1. The fraction of sp³-hybridized carbons (Fsp3) is 0.467. The third kappa shape index (κ3) is 10.7. The molecule has 3 fully saturated rings. The van der Waals surface area contributed by atoms with Crippen LogP contribution in [0.15, 0.2) is 66.6 Å². The number of hydrogen-bond donors (Lipinski definition) is 4. The molecule has 1 aliphatic heterocycles. The molecule has 7 rings (SSSR count). The van der Waals surface area contributed by atoms with E-state index in [0.29, 0.717) is 38.9 Å². The Hall–Kier alpha value is -5.66. The average Bonchev–Trinajstić information content (AvgIpc) is 3.65. The lowest BCUT2D eigenvalue weighted by molar-refractivity contribution is -0.143. The molecule has 0 radical (unpaired) electrons. The van der Waals surface area contributed by atoms with Gasteiger partial charge in [0.1, 0.15) is 57.8 Å². The molecule has 2 aromatic carbocycles. The van der Waals surface area contributed by atoms with Gasteiger partial charge in [0.05, 0.1) is 24.9 Å². The zero-order valence-corrected chi connectivity index (χ0v) is 39.4. The first-order valence-electron chi connectivity index (χ1n) is 21.4. The Bertz CT molecular complexity index is 2560. The van der Waals surface area contributed by atoms with Crippen molar-refractivity contribution < 1.29 is 46.0 Å². The standard InChI is InChI=1S/C45H54ClN7O10S2/c1-8-26-22-45(26,41(56)52-65(58,59)63-28-16-10-9-11-17-28)51-39(54)33-20-29(23-53(33)40(55)38(44(4,5)6)50-43(57)62-27-14-12-13-15-27)61-35-21-31(32-24-64-42(49-32)47-25(2)3)48-37-30(35)18-19-34(60-7)36(37)46/h8-11,16-19,21,24-27,29,33,38H,1,12-15,20,22-23H2,2-7H3,(H,47,49)(H,50,57)(H,51,54)(H,52,56)/t26-,29-,33+,38-,45-/m1/s1. The first kappa shape index (κ1) is 47.3. The number of anilines is 1. The van der Waals surface area contributed by atoms with Crippen LogP contribution in [0.25, 0.3) is 22.3 Å². The molecule has 20 heteroatoms. The molecule has 4 amide bonds. The van der Waals surface area contributed by atoms with Crippen molar-refractivity contribution in [3.63, 3.8) is 0 Å². The highest BCUT2D eigenvalue weighted by molar-refractivity contribution is 7.85. The molecule has 0 unspecified atom stereocenters. The van der Waals surface area contributed by atoms with Crippen LogP contribution < -0.4 is 34.3 Å². The second-order valence-corrected chi connectivity index (χ2v) is 20.4. The van der Waals surface area contributed by atoms with Gasteiger partial charge in [-0.2, -0.15) is 8.42 Å². The number of nitrogens with zero attached hydrogens (tertiary/aromatic N) is 3. The molecule has 2 saturated carbocycles. The van der Waals surface area contributed by atoms with Crippen molar-refractivity contribution in [3.05, 3.63) is 71.6 Å². The third-order valence-electron chi connectivity index (χ3n) is 11.6. The van der Waals surface area contributed by atoms with Crippen LogP contribution in [0.1, 0.15) is 73.1 Å². The van der Waals surface area contributed by atoms with Crippen LogP contribution in [0.4, 0.5) is 9.93 Å². The van der Waals surface area contributed by atoms with Crippen LogP contribution in [0, 0.1) is 11.3 Å². The minimum Gasteiger partial charge on any atom is -0.495 e. The highest BCUT2D eigenvalue weighted by Gasteiger charge is 2.62. The maximum atomic E-state index is 14.9. The molecule has 4 N–H and O–H groups in total. The molecule has 65 heavy (non-hydrogen) atoms. The van der Waals surface area contributed by atoms with Gasteiger partial charge in [-0.15, -0.1) is 17.9 Å². The van der Waals surface area contributed by atoms with Gasteiger partial charge in [0, 0.05) is 35.2 Å². The highest BCUT2D eigenvalue weighted by Crippen LogP contribution is 2.46. The number of halogens is 1. The van der Waals surface area contributed by atoms with E-state index in [1.807, 2.05) is 23.9 Å². The Kier molecular flexibility index (Phi) is 13.9. The summed E-state index contributed by atoms with van der Waals surface area (Å²) in [6.45, 7) is 13.0. The van der Waals surface area contributed by atoms with E-state index in [0.717, 1.165) is 25.7 Å². The number of carbonyl (C=O) groups is 4. The Morgan fingerprint density at radius 3 is 2.38 bits per heavy atom. The molecule has 0 bridgehead atoms. The van der Waals surface area contributed by atoms with Gasteiger partial charge >= 0.3 is 16.4 Å². The van der Waals surface area contributed by atoms with E-state index in [4.69, 9.17) is 40.0 Å². The molecular formula is C45H54ClN7O10S2. The highest BCUT2D eigenvalue weighted by atomic mass is 35.5. The summed E-state index contributed by atoms with van der Waals surface area (Å²) in [5, 5.41) is 12.1. The molecular weight excluding hydrogens is 898 g/mol. The Labute approximate surface area is 387 Å². The number of pyridine rings is 1. The topological polar surface area (TPSA) is 216 Å². The quantitative estimate of drug-likeness (QED) is 0.0854. The van der Waals surface area contributed by atoms with E-state index < -0.39 is 69.2 Å². The maximum Gasteiger partial charge on any atom is 0.409 e. The summed E-state index contributed by atoms with van der Waals surface area (Å²) in [7, 11) is -3.19. The van der Waals surface area contributed by atoms with Crippen LogP contribution in [-0.4, -0.2) is 96.6 Å². The van der Waals surface area contributed by atoms with Crippen LogP contribution in [-0.2, 0) is 29.4 Å². The Morgan fingerprint density at radius 2 is 1.74 bits per heavy atom. The Balaban J connectivity index is 1.21. The summed E-state index contributed by atoms with van der Waals surface area (Å²) < 4.78 is 51.0. The maximum absolute atomic E-state index is 14.9. The number of thiazole rings is 1. The van der Waals surface area contributed by atoms with Gasteiger partial charge in [0.2, 0.25) is 11.8 Å². The zero-order valence-electron chi connectivity index (χ0n) is 37.0. The second-order valence-electron chi connectivity index (χ2n) is 17.8. The molecule has 348 valence electrons. The number of benzene rings is 2. The summed E-state index contributed by atoms with van der Waals surface area (Å²) in [4.78, 5) is 67.6. The number of para-hydroxylation sites is 1. The number of hydrogen-bond acceptors (Lipinski definition) is 14. The van der Waals surface area contributed by atoms with E-state index in [-0.39, 0.29) is 42.3 Å². The predicted octanol–water partition coefficient (Wildman–Crippen LogP) is 6.77.